The van der Waals surface area contributed by atoms with Crippen molar-refractivity contribution in [1.82, 2.24) is 4.98 Å². The second-order valence-electron chi connectivity index (χ2n) is 3.39. The first kappa shape index (κ1) is 11.0. The summed E-state index contributed by atoms with van der Waals surface area (Å²) >= 11 is 3.29. The Morgan fingerprint density at radius 2 is 2.12 bits per heavy atom. The van der Waals surface area contributed by atoms with E-state index in [1.807, 2.05) is 18.2 Å². The zero-order valence-electron chi connectivity index (χ0n) is 8.52. The van der Waals surface area contributed by atoms with Crippen molar-refractivity contribution >= 4 is 21.6 Å². The summed E-state index contributed by atoms with van der Waals surface area (Å²) in [6.07, 6.45) is 1.81. The van der Waals surface area contributed by atoms with Gasteiger partial charge in [0.1, 0.15) is 10.4 Å². The molecule has 1 heterocycles. The molecule has 16 heavy (non-hydrogen) atoms. The lowest BCUT2D eigenvalue weighted by Gasteiger charge is -2.06. The van der Waals surface area contributed by atoms with Gasteiger partial charge in [0.25, 0.3) is 0 Å². The van der Waals surface area contributed by atoms with Gasteiger partial charge in [-0.05, 0) is 39.7 Å². The first-order valence-electron chi connectivity index (χ1n) is 4.87. The molecule has 0 bridgehead atoms. The van der Waals surface area contributed by atoms with Crippen molar-refractivity contribution in [3.63, 3.8) is 0 Å². The zero-order valence-corrected chi connectivity index (χ0v) is 10.1. The van der Waals surface area contributed by atoms with Crippen LogP contribution < -0.4 is 5.32 Å². The molecule has 82 valence electrons. The molecule has 0 amide bonds. The highest BCUT2D eigenvalue weighted by atomic mass is 79.9. The number of aromatic nitrogens is 1. The largest absolute Gasteiger partial charge is 0.508 e. The van der Waals surface area contributed by atoms with Gasteiger partial charge in [-0.3, -0.25) is 0 Å². The standard InChI is InChI=1S/C12H11BrN2O/c13-12-5-4-9(8-15-12)7-14-10-2-1-3-11(16)6-10/h1-6,8,14,16H,7H2. The lowest BCUT2D eigenvalue weighted by atomic mass is 10.2. The van der Waals surface area contributed by atoms with Crippen LogP contribution in [0, 0.1) is 0 Å². The maximum Gasteiger partial charge on any atom is 0.117 e. The monoisotopic (exact) mass is 278 g/mol. The molecule has 0 unspecified atom stereocenters. The fourth-order valence-electron chi connectivity index (χ4n) is 1.33. The number of halogens is 1. The molecule has 0 aliphatic carbocycles. The van der Waals surface area contributed by atoms with Crippen molar-refractivity contribution in [2.24, 2.45) is 0 Å². The fraction of sp³-hybridized carbons (Fsp3) is 0.0833. The van der Waals surface area contributed by atoms with Crippen LogP contribution in [0.5, 0.6) is 5.75 Å². The Morgan fingerprint density at radius 3 is 2.81 bits per heavy atom. The van der Waals surface area contributed by atoms with Crippen molar-refractivity contribution in [2.45, 2.75) is 6.54 Å². The number of nitrogens with zero attached hydrogens (tertiary/aromatic N) is 1. The highest BCUT2D eigenvalue weighted by Gasteiger charge is 1.96. The van der Waals surface area contributed by atoms with Crippen LogP contribution in [0.2, 0.25) is 0 Å². The van der Waals surface area contributed by atoms with Gasteiger partial charge in [0.15, 0.2) is 0 Å². The topological polar surface area (TPSA) is 45.1 Å². The second-order valence-corrected chi connectivity index (χ2v) is 4.21. The molecule has 0 atom stereocenters. The number of benzene rings is 1. The summed E-state index contributed by atoms with van der Waals surface area (Å²) in [5.41, 5.74) is 1.98. The SMILES string of the molecule is Oc1cccc(NCc2ccc(Br)nc2)c1. The molecule has 2 aromatic rings. The van der Waals surface area contributed by atoms with E-state index in [0.29, 0.717) is 6.54 Å². The summed E-state index contributed by atoms with van der Waals surface area (Å²) in [6.45, 7) is 0.684. The van der Waals surface area contributed by atoms with E-state index < -0.39 is 0 Å². The molecule has 0 fully saturated rings. The Morgan fingerprint density at radius 1 is 1.25 bits per heavy atom. The van der Waals surface area contributed by atoms with Gasteiger partial charge >= 0.3 is 0 Å². The van der Waals surface area contributed by atoms with Crippen LogP contribution in [0.25, 0.3) is 0 Å². The Labute approximate surface area is 102 Å². The lowest BCUT2D eigenvalue weighted by molar-refractivity contribution is 0.475. The molecule has 2 N–H and O–H groups in total. The Balaban J connectivity index is 1.99. The van der Waals surface area contributed by atoms with E-state index in [9.17, 15) is 5.11 Å². The Kier molecular flexibility index (Phi) is 3.41. The number of aromatic hydroxyl groups is 1. The number of nitrogens with one attached hydrogen (secondary N) is 1. The minimum absolute atomic E-state index is 0.263. The highest BCUT2D eigenvalue weighted by Crippen LogP contribution is 2.16. The van der Waals surface area contributed by atoms with Crippen LogP contribution in [0.3, 0.4) is 0 Å². The number of hydrogen-bond donors (Lipinski definition) is 2. The second kappa shape index (κ2) is 4.99. The van der Waals surface area contributed by atoms with Crippen LogP contribution in [-0.4, -0.2) is 10.1 Å². The van der Waals surface area contributed by atoms with Crippen molar-refractivity contribution in [3.8, 4) is 5.75 Å². The molecular weight excluding hydrogens is 268 g/mol. The van der Waals surface area contributed by atoms with E-state index in [0.717, 1.165) is 15.9 Å². The molecule has 1 aromatic heterocycles. The van der Waals surface area contributed by atoms with Gasteiger partial charge in [-0.1, -0.05) is 12.1 Å². The molecule has 2 rings (SSSR count). The number of phenols is 1. The van der Waals surface area contributed by atoms with Gasteiger partial charge in [-0.15, -0.1) is 0 Å². The minimum Gasteiger partial charge on any atom is -0.508 e. The summed E-state index contributed by atoms with van der Waals surface area (Å²) in [4.78, 5) is 4.14. The lowest BCUT2D eigenvalue weighted by Crippen LogP contribution is -1.99. The van der Waals surface area contributed by atoms with Gasteiger partial charge in [0.2, 0.25) is 0 Å². The van der Waals surface area contributed by atoms with Gasteiger partial charge in [-0.25, -0.2) is 4.98 Å². The van der Waals surface area contributed by atoms with Crippen molar-refractivity contribution < 1.29 is 5.11 Å². The molecular formula is C12H11BrN2O. The normalized spacial score (nSPS) is 10.1. The summed E-state index contributed by atoms with van der Waals surface area (Å²) in [5.74, 6) is 0.263. The first-order valence-corrected chi connectivity index (χ1v) is 5.67. The number of rotatable bonds is 3. The molecule has 0 saturated heterocycles. The van der Waals surface area contributed by atoms with E-state index in [2.05, 4.69) is 26.2 Å². The van der Waals surface area contributed by atoms with Gasteiger partial charge in [0, 0.05) is 24.5 Å². The van der Waals surface area contributed by atoms with Crippen LogP contribution in [0.1, 0.15) is 5.56 Å². The van der Waals surface area contributed by atoms with Crippen molar-refractivity contribution in [1.29, 1.82) is 0 Å². The van der Waals surface area contributed by atoms with Gasteiger partial charge in [0.05, 0.1) is 0 Å². The quantitative estimate of drug-likeness (QED) is 0.848. The van der Waals surface area contributed by atoms with E-state index in [-0.39, 0.29) is 5.75 Å². The third-order valence-corrected chi connectivity index (χ3v) is 2.60. The van der Waals surface area contributed by atoms with E-state index in [1.54, 1.807) is 24.4 Å². The fourth-order valence-corrected chi connectivity index (χ4v) is 1.57. The van der Waals surface area contributed by atoms with Crippen molar-refractivity contribution in [3.05, 3.63) is 52.8 Å². The molecule has 0 radical (unpaired) electrons. The number of anilines is 1. The number of hydrogen-bond acceptors (Lipinski definition) is 3. The van der Waals surface area contributed by atoms with Gasteiger partial charge < -0.3 is 10.4 Å². The predicted molar refractivity (Wildman–Crippen MR) is 67.4 cm³/mol. The summed E-state index contributed by atoms with van der Waals surface area (Å²) in [6, 6.07) is 10.9. The Hall–Kier alpha value is -1.55. The number of phenolic OH excluding ortho intramolecular Hbond substituents is 1. The number of pyridine rings is 1. The van der Waals surface area contributed by atoms with Crippen LogP contribution >= 0.6 is 15.9 Å². The third-order valence-electron chi connectivity index (χ3n) is 2.13. The van der Waals surface area contributed by atoms with Crippen LogP contribution in [0.15, 0.2) is 47.2 Å². The van der Waals surface area contributed by atoms with Crippen LogP contribution in [0.4, 0.5) is 5.69 Å². The predicted octanol–water partition coefficient (Wildman–Crippen LogP) is 3.16. The minimum atomic E-state index is 0.263. The van der Waals surface area contributed by atoms with Crippen LogP contribution in [-0.2, 0) is 6.54 Å². The summed E-state index contributed by atoms with van der Waals surface area (Å²) < 4.78 is 0.827. The smallest absolute Gasteiger partial charge is 0.117 e. The molecule has 0 spiro atoms. The average molecular weight is 279 g/mol. The molecule has 1 aromatic carbocycles. The molecule has 0 aliphatic heterocycles. The van der Waals surface area contributed by atoms with E-state index in [4.69, 9.17) is 0 Å². The Bertz CT molecular complexity index is 471. The maximum absolute atomic E-state index is 9.29. The molecule has 4 heteroatoms. The summed E-state index contributed by atoms with van der Waals surface area (Å²) in [7, 11) is 0. The molecule has 3 nitrogen and oxygen atoms in total. The summed E-state index contributed by atoms with van der Waals surface area (Å²) in [5, 5.41) is 12.5. The maximum atomic E-state index is 9.29. The molecule has 0 saturated carbocycles. The average Bonchev–Trinajstić information content (AvgIpc) is 2.28. The van der Waals surface area contributed by atoms with Gasteiger partial charge in [-0.2, -0.15) is 0 Å². The molecule has 0 aliphatic rings. The van der Waals surface area contributed by atoms with E-state index >= 15 is 0 Å². The zero-order chi connectivity index (χ0) is 11.4. The first-order chi connectivity index (χ1) is 7.74. The van der Waals surface area contributed by atoms with Crippen molar-refractivity contribution in [2.75, 3.05) is 5.32 Å². The third kappa shape index (κ3) is 2.97. The highest BCUT2D eigenvalue weighted by molar-refractivity contribution is 9.10. The van der Waals surface area contributed by atoms with E-state index in [1.165, 1.54) is 0 Å².